The number of hydrogen-bond donors (Lipinski definition) is 1. The van der Waals surface area contributed by atoms with Gasteiger partial charge < -0.3 is 14.8 Å². The zero-order valence-corrected chi connectivity index (χ0v) is 13.4. The molecule has 0 unspecified atom stereocenters. The van der Waals surface area contributed by atoms with Gasteiger partial charge in [-0.1, -0.05) is 24.0 Å². The van der Waals surface area contributed by atoms with Crippen LogP contribution in [0.2, 0.25) is 0 Å². The number of benzene rings is 1. The Morgan fingerprint density at radius 3 is 2.53 bits per heavy atom. The van der Waals surface area contributed by atoms with Crippen LogP contribution in [0.3, 0.4) is 0 Å². The first-order valence-corrected chi connectivity index (χ1v) is 7.23. The highest BCUT2D eigenvalue weighted by molar-refractivity contribution is 9.10. The maximum Gasteiger partial charge on any atom is 0.263 e. The van der Waals surface area contributed by atoms with Crippen LogP contribution in [0.25, 0.3) is 6.08 Å². The van der Waals surface area contributed by atoms with E-state index in [1.54, 1.807) is 26.4 Å². The van der Waals surface area contributed by atoms with Crippen molar-refractivity contribution < 1.29 is 14.3 Å². The van der Waals surface area contributed by atoms with E-state index in [0.717, 1.165) is 10.0 Å². The van der Waals surface area contributed by atoms with E-state index in [2.05, 4.69) is 21.2 Å². The maximum absolute atomic E-state index is 11.6. The van der Waals surface area contributed by atoms with Crippen molar-refractivity contribution in [3.05, 3.63) is 27.1 Å². The minimum Gasteiger partial charge on any atom is -0.496 e. The third-order valence-corrected chi connectivity index (χ3v) is 4.22. The molecule has 4 nitrogen and oxygen atoms in total. The number of nitrogens with one attached hydrogen (secondary N) is 1. The molecule has 2 rings (SSSR count). The first-order chi connectivity index (χ1) is 9.05. The lowest BCUT2D eigenvalue weighted by atomic mass is 10.1. The molecule has 0 bridgehead atoms. The number of amides is 1. The summed E-state index contributed by atoms with van der Waals surface area (Å²) in [7, 11) is 3.15. The van der Waals surface area contributed by atoms with Gasteiger partial charge in [-0.3, -0.25) is 4.79 Å². The zero-order valence-electron chi connectivity index (χ0n) is 10.2. The molecule has 1 heterocycles. The number of carbonyl (C=O) groups excluding carboxylic acids is 1. The Bertz CT molecular complexity index is 587. The normalized spacial score (nSPS) is 16.7. The Hall–Kier alpha value is -1.05. The Morgan fingerprint density at radius 2 is 2.00 bits per heavy atom. The number of carbonyl (C=O) groups is 1. The fourth-order valence-corrected chi connectivity index (χ4v) is 3.12. The van der Waals surface area contributed by atoms with Crippen LogP contribution in [0.15, 0.2) is 21.5 Å². The number of rotatable bonds is 3. The van der Waals surface area contributed by atoms with Crippen molar-refractivity contribution >= 4 is 56.2 Å². The minimum absolute atomic E-state index is 0.191. The average molecular weight is 360 g/mol. The van der Waals surface area contributed by atoms with Gasteiger partial charge in [-0.05, 0) is 28.1 Å². The number of thioether (sulfide) groups is 1. The molecule has 1 aliphatic heterocycles. The molecule has 1 saturated heterocycles. The summed E-state index contributed by atoms with van der Waals surface area (Å²) in [6, 6.07) is 3.59. The summed E-state index contributed by atoms with van der Waals surface area (Å²) in [6.45, 7) is 0. The number of ether oxygens (including phenoxy) is 2. The van der Waals surface area contributed by atoms with Crippen LogP contribution in [-0.4, -0.2) is 24.4 Å². The first kappa shape index (κ1) is 14.4. The van der Waals surface area contributed by atoms with Crippen LogP contribution in [0, 0.1) is 0 Å². The van der Waals surface area contributed by atoms with E-state index >= 15 is 0 Å². The fourth-order valence-electron chi connectivity index (χ4n) is 1.56. The predicted molar refractivity (Wildman–Crippen MR) is 83.6 cm³/mol. The van der Waals surface area contributed by atoms with E-state index in [1.165, 1.54) is 11.8 Å². The van der Waals surface area contributed by atoms with Gasteiger partial charge in [0.25, 0.3) is 5.91 Å². The summed E-state index contributed by atoms with van der Waals surface area (Å²) in [5.41, 5.74) is 0.775. The van der Waals surface area contributed by atoms with Crippen LogP contribution < -0.4 is 14.8 Å². The van der Waals surface area contributed by atoms with E-state index in [1.807, 2.05) is 6.07 Å². The Labute approximate surface area is 128 Å². The van der Waals surface area contributed by atoms with Gasteiger partial charge >= 0.3 is 0 Å². The quantitative estimate of drug-likeness (QED) is 0.664. The summed E-state index contributed by atoms with van der Waals surface area (Å²) in [5, 5.41) is 2.57. The highest BCUT2D eigenvalue weighted by atomic mass is 79.9. The SMILES string of the molecule is COc1cc(OC)c(/C=C2/SC(=S)NC2=O)cc1Br. The smallest absolute Gasteiger partial charge is 0.263 e. The summed E-state index contributed by atoms with van der Waals surface area (Å²) in [6.07, 6.45) is 1.74. The van der Waals surface area contributed by atoms with E-state index in [-0.39, 0.29) is 5.91 Å². The second-order valence-corrected chi connectivity index (χ2v) is 6.15. The van der Waals surface area contributed by atoms with Gasteiger partial charge in [0.2, 0.25) is 0 Å². The van der Waals surface area contributed by atoms with Crippen LogP contribution in [0.4, 0.5) is 0 Å². The molecule has 1 amide bonds. The monoisotopic (exact) mass is 359 g/mol. The van der Waals surface area contributed by atoms with Gasteiger partial charge in [-0.15, -0.1) is 0 Å². The summed E-state index contributed by atoms with van der Waals surface area (Å²) >= 11 is 9.58. The zero-order chi connectivity index (χ0) is 14.0. The first-order valence-electron chi connectivity index (χ1n) is 5.21. The lowest BCUT2D eigenvalue weighted by Gasteiger charge is -2.10. The Balaban J connectivity index is 2.45. The van der Waals surface area contributed by atoms with Gasteiger partial charge in [0.15, 0.2) is 0 Å². The molecule has 0 saturated carbocycles. The van der Waals surface area contributed by atoms with Crippen LogP contribution in [0.1, 0.15) is 5.56 Å². The topological polar surface area (TPSA) is 47.6 Å². The molecule has 0 aromatic heterocycles. The molecule has 1 aliphatic rings. The average Bonchev–Trinajstić information content (AvgIpc) is 2.68. The van der Waals surface area contributed by atoms with Crippen molar-refractivity contribution in [2.75, 3.05) is 14.2 Å². The van der Waals surface area contributed by atoms with E-state index in [4.69, 9.17) is 21.7 Å². The van der Waals surface area contributed by atoms with Crippen molar-refractivity contribution in [3.63, 3.8) is 0 Å². The molecule has 0 spiro atoms. The van der Waals surface area contributed by atoms with Gasteiger partial charge in [-0.25, -0.2) is 0 Å². The van der Waals surface area contributed by atoms with Crippen molar-refractivity contribution in [1.82, 2.24) is 5.32 Å². The number of methoxy groups -OCH3 is 2. The molecule has 1 N–H and O–H groups in total. The van der Waals surface area contributed by atoms with E-state index < -0.39 is 0 Å². The van der Waals surface area contributed by atoms with Crippen molar-refractivity contribution in [2.24, 2.45) is 0 Å². The van der Waals surface area contributed by atoms with Crippen molar-refractivity contribution in [1.29, 1.82) is 0 Å². The molecule has 0 aliphatic carbocycles. The molecule has 0 radical (unpaired) electrons. The number of halogens is 1. The van der Waals surface area contributed by atoms with Gasteiger partial charge in [0.1, 0.15) is 15.8 Å². The lowest BCUT2D eigenvalue weighted by molar-refractivity contribution is -0.115. The predicted octanol–water partition coefficient (Wildman–Crippen LogP) is 2.96. The summed E-state index contributed by atoms with van der Waals surface area (Å²) in [5.74, 6) is 1.10. The highest BCUT2D eigenvalue weighted by Gasteiger charge is 2.22. The number of hydrogen-bond acceptors (Lipinski definition) is 5. The summed E-state index contributed by atoms with van der Waals surface area (Å²) in [4.78, 5) is 12.2. The number of thiocarbonyl (C=S) groups is 1. The van der Waals surface area contributed by atoms with Gasteiger partial charge in [0.05, 0.1) is 23.6 Å². The molecule has 19 heavy (non-hydrogen) atoms. The van der Waals surface area contributed by atoms with E-state index in [0.29, 0.717) is 20.7 Å². The van der Waals surface area contributed by atoms with Crippen LogP contribution in [0.5, 0.6) is 11.5 Å². The van der Waals surface area contributed by atoms with Crippen LogP contribution in [-0.2, 0) is 4.79 Å². The van der Waals surface area contributed by atoms with Crippen molar-refractivity contribution in [3.8, 4) is 11.5 Å². The molecule has 100 valence electrons. The molecule has 1 aromatic carbocycles. The van der Waals surface area contributed by atoms with Gasteiger partial charge in [-0.2, -0.15) is 0 Å². The fraction of sp³-hybridized carbons (Fsp3) is 0.167. The second-order valence-electron chi connectivity index (χ2n) is 3.58. The standard InChI is InChI=1S/C12H10BrNO3S2/c1-16-8-5-9(17-2)7(13)3-6(8)4-10-11(15)14-12(18)19-10/h3-5H,1-2H3,(H,14,15,18)/b10-4+. The maximum atomic E-state index is 11.6. The van der Waals surface area contributed by atoms with E-state index in [9.17, 15) is 4.79 Å². The third kappa shape index (κ3) is 3.10. The molecular weight excluding hydrogens is 350 g/mol. The second kappa shape index (κ2) is 5.94. The molecule has 0 atom stereocenters. The largest absolute Gasteiger partial charge is 0.496 e. The molecule has 1 fully saturated rings. The van der Waals surface area contributed by atoms with Gasteiger partial charge in [0, 0.05) is 11.6 Å². The van der Waals surface area contributed by atoms with Crippen molar-refractivity contribution in [2.45, 2.75) is 0 Å². The Morgan fingerprint density at radius 1 is 1.32 bits per heavy atom. The molecule has 1 aromatic rings. The minimum atomic E-state index is -0.191. The van der Waals surface area contributed by atoms with Crippen LogP contribution >= 0.6 is 39.9 Å². The molecular formula is C12H10BrNO3S2. The summed E-state index contributed by atoms with van der Waals surface area (Å²) < 4.78 is 11.7. The highest BCUT2D eigenvalue weighted by Crippen LogP contribution is 2.35. The lowest BCUT2D eigenvalue weighted by Crippen LogP contribution is -2.17. The Kier molecular flexibility index (Phi) is 4.49. The third-order valence-electron chi connectivity index (χ3n) is 2.43. The molecule has 7 heteroatoms.